The standard InChI is InChI=1S/C15H21NO2/c1-11(2)10-16-9-3-4-14(16)12-5-7-13(8-6-12)15(17)18/h5-8,11,14H,3-4,9-10H2,1-2H3,(H,17,18). The molecule has 0 amide bonds. The van der Waals surface area contributed by atoms with E-state index in [9.17, 15) is 4.79 Å². The second kappa shape index (κ2) is 5.53. The van der Waals surface area contributed by atoms with Gasteiger partial charge in [-0.25, -0.2) is 4.79 Å². The third-order valence-corrected chi connectivity index (χ3v) is 3.51. The van der Waals surface area contributed by atoms with E-state index in [1.807, 2.05) is 12.1 Å². The number of carboxylic acid groups (broad SMARTS) is 1. The molecule has 0 spiro atoms. The lowest BCUT2D eigenvalue weighted by Gasteiger charge is -2.26. The predicted octanol–water partition coefficient (Wildman–Crippen LogP) is 3.18. The molecule has 0 saturated carbocycles. The number of carbonyl (C=O) groups is 1. The van der Waals surface area contributed by atoms with Crippen LogP contribution in [0.4, 0.5) is 0 Å². The predicted molar refractivity (Wildman–Crippen MR) is 71.8 cm³/mol. The summed E-state index contributed by atoms with van der Waals surface area (Å²) in [4.78, 5) is 13.3. The van der Waals surface area contributed by atoms with Gasteiger partial charge in [-0.05, 0) is 43.0 Å². The zero-order valence-corrected chi connectivity index (χ0v) is 11.1. The Morgan fingerprint density at radius 3 is 2.61 bits per heavy atom. The normalized spacial score (nSPS) is 20.5. The first-order valence-corrected chi connectivity index (χ1v) is 6.65. The van der Waals surface area contributed by atoms with Crippen LogP contribution in [0.3, 0.4) is 0 Å². The van der Waals surface area contributed by atoms with E-state index in [2.05, 4.69) is 18.7 Å². The van der Waals surface area contributed by atoms with Crippen molar-refractivity contribution in [2.45, 2.75) is 32.7 Å². The Morgan fingerprint density at radius 2 is 2.06 bits per heavy atom. The Morgan fingerprint density at radius 1 is 1.39 bits per heavy atom. The third kappa shape index (κ3) is 2.91. The summed E-state index contributed by atoms with van der Waals surface area (Å²) in [6, 6.07) is 7.82. The highest BCUT2D eigenvalue weighted by Gasteiger charge is 2.26. The van der Waals surface area contributed by atoms with Gasteiger partial charge in [0.25, 0.3) is 0 Å². The first-order valence-electron chi connectivity index (χ1n) is 6.65. The molecular formula is C15H21NO2. The number of carboxylic acids is 1. The Kier molecular flexibility index (Phi) is 4.02. The quantitative estimate of drug-likeness (QED) is 0.888. The fraction of sp³-hybridized carbons (Fsp3) is 0.533. The molecule has 1 aromatic carbocycles. The lowest BCUT2D eigenvalue weighted by Crippen LogP contribution is -2.27. The molecular weight excluding hydrogens is 226 g/mol. The minimum absolute atomic E-state index is 0.368. The van der Waals surface area contributed by atoms with E-state index in [1.54, 1.807) is 12.1 Å². The molecule has 1 fully saturated rings. The summed E-state index contributed by atoms with van der Waals surface area (Å²) in [6.45, 7) is 6.75. The van der Waals surface area contributed by atoms with Crippen molar-refractivity contribution in [2.75, 3.05) is 13.1 Å². The van der Waals surface area contributed by atoms with E-state index in [0.717, 1.165) is 13.1 Å². The van der Waals surface area contributed by atoms with E-state index in [4.69, 9.17) is 5.11 Å². The van der Waals surface area contributed by atoms with E-state index in [0.29, 0.717) is 17.5 Å². The maximum atomic E-state index is 10.8. The molecule has 1 N–H and O–H groups in total. The molecule has 1 heterocycles. The average molecular weight is 247 g/mol. The number of nitrogens with zero attached hydrogens (tertiary/aromatic N) is 1. The average Bonchev–Trinajstić information content (AvgIpc) is 2.76. The van der Waals surface area contributed by atoms with Gasteiger partial charge in [0.2, 0.25) is 0 Å². The molecule has 1 aliphatic heterocycles. The summed E-state index contributed by atoms with van der Waals surface area (Å²) in [5.41, 5.74) is 1.62. The van der Waals surface area contributed by atoms with E-state index >= 15 is 0 Å². The largest absolute Gasteiger partial charge is 0.478 e. The smallest absolute Gasteiger partial charge is 0.335 e. The highest BCUT2D eigenvalue weighted by atomic mass is 16.4. The molecule has 18 heavy (non-hydrogen) atoms. The molecule has 98 valence electrons. The van der Waals surface area contributed by atoms with Crippen LogP contribution in [0.15, 0.2) is 24.3 Å². The Bertz CT molecular complexity index is 411. The Balaban J connectivity index is 2.12. The first kappa shape index (κ1) is 13.1. The van der Waals surface area contributed by atoms with Crippen molar-refractivity contribution in [3.8, 4) is 0 Å². The fourth-order valence-corrected chi connectivity index (χ4v) is 2.74. The lowest BCUT2D eigenvalue weighted by atomic mass is 10.0. The highest BCUT2D eigenvalue weighted by Crippen LogP contribution is 2.32. The molecule has 1 saturated heterocycles. The van der Waals surface area contributed by atoms with Gasteiger partial charge in [-0.3, -0.25) is 4.90 Å². The van der Waals surface area contributed by atoms with E-state index in [1.165, 1.54) is 18.4 Å². The van der Waals surface area contributed by atoms with Crippen molar-refractivity contribution in [1.82, 2.24) is 4.90 Å². The second-order valence-electron chi connectivity index (χ2n) is 5.47. The lowest BCUT2D eigenvalue weighted by molar-refractivity contribution is 0.0697. The highest BCUT2D eigenvalue weighted by molar-refractivity contribution is 5.87. The van der Waals surface area contributed by atoms with Gasteiger partial charge in [-0.15, -0.1) is 0 Å². The van der Waals surface area contributed by atoms with Crippen LogP contribution in [0.5, 0.6) is 0 Å². The number of hydrogen-bond donors (Lipinski definition) is 1. The van der Waals surface area contributed by atoms with Crippen molar-refractivity contribution in [1.29, 1.82) is 0 Å². The summed E-state index contributed by atoms with van der Waals surface area (Å²) in [6.07, 6.45) is 2.41. The molecule has 2 rings (SSSR count). The van der Waals surface area contributed by atoms with Crippen LogP contribution in [0, 0.1) is 5.92 Å². The summed E-state index contributed by atoms with van der Waals surface area (Å²) in [7, 11) is 0. The Labute approximate surface area is 108 Å². The summed E-state index contributed by atoms with van der Waals surface area (Å²) >= 11 is 0. The number of benzene rings is 1. The number of likely N-dealkylation sites (tertiary alicyclic amines) is 1. The van der Waals surface area contributed by atoms with E-state index < -0.39 is 5.97 Å². The SMILES string of the molecule is CC(C)CN1CCCC1c1ccc(C(=O)O)cc1. The van der Waals surface area contributed by atoms with Crippen molar-refractivity contribution < 1.29 is 9.90 Å². The summed E-state index contributed by atoms with van der Waals surface area (Å²) in [5.74, 6) is -0.184. The van der Waals surface area contributed by atoms with Crippen LogP contribution >= 0.6 is 0 Å². The molecule has 0 bridgehead atoms. The molecule has 0 radical (unpaired) electrons. The molecule has 1 aliphatic rings. The van der Waals surface area contributed by atoms with Crippen LogP contribution in [0.2, 0.25) is 0 Å². The van der Waals surface area contributed by atoms with Crippen LogP contribution in [0.1, 0.15) is 48.7 Å². The topological polar surface area (TPSA) is 40.5 Å². The molecule has 0 aromatic heterocycles. The van der Waals surface area contributed by atoms with Gasteiger partial charge in [0.15, 0.2) is 0 Å². The molecule has 3 nitrogen and oxygen atoms in total. The van der Waals surface area contributed by atoms with Gasteiger partial charge < -0.3 is 5.11 Å². The second-order valence-corrected chi connectivity index (χ2v) is 5.47. The molecule has 1 unspecified atom stereocenters. The number of aromatic carboxylic acids is 1. The minimum Gasteiger partial charge on any atom is -0.478 e. The summed E-state index contributed by atoms with van der Waals surface area (Å²) < 4.78 is 0. The van der Waals surface area contributed by atoms with Crippen molar-refractivity contribution in [3.63, 3.8) is 0 Å². The summed E-state index contributed by atoms with van der Waals surface area (Å²) in [5, 5.41) is 8.90. The van der Waals surface area contributed by atoms with Gasteiger partial charge in [-0.1, -0.05) is 26.0 Å². The molecule has 3 heteroatoms. The maximum absolute atomic E-state index is 10.8. The van der Waals surface area contributed by atoms with Crippen LogP contribution in [-0.4, -0.2) is 29.1 Å². The van der Waals surface area contributed by atoms with Crippen LogP contribution in [0.25, 0.3) is 0 Å². The third-order valence-electron chi connectivity index (χ3n) is 3.51. The number of rotatable bonds is 4. The van der Waals surface area contributed by atoms with Crippen molar-refractivity contribution >= 4 is 5.97 Å². The van der Waals surface area contributed by atoms with Gasteiger partial charge in [0.1, 0.15) is 0 Å². The van der Waals surface area contributed by atoms with Gasteiger partial charge in [0.05, 0.1) is 5.56 Å². The van der Waals surface area contributed by atoms with Crippen LogP contribution in [-0.2, 0) is 0 Å². The van der Waals surface area contributed by atoms with Crippen LogP contribution < -0.4 is 0 Å². The number of hydrogen-bond acceptors (Lipinski definition) is 2. The first-order chi connectivity index (χ1) is 8.58. The zero-order valence-electron chi connectivity index (χ0n) is 11.1. The molecule has 0 aliphatic carbocycles. The maximum Gasteiger partial charge on any atom is 0.335 e. The van der Waals surface area contributed by atoms with Crippen molar-refractivity contribution in [3.05, 3.63) is 35.4 Å². The van der Waals surface area contributed by atoms with Gasteiger partial charge in [-0.2, -0.15) is 0 Å². The van der Waals surface area contributed by atoms with Crippen molar-refractivity contribution in [2.24, 2.45) is 5.92 Å². The van der Waals surface area contributed by atoms with Gasteiger partial charge in [0, 0.05) is 12.6 Å². The van der Waals surface area contributed by atoms with E-state index in [-0.39, 0.29) is 0 Å². The molecule has 1 atom stereocenters. The fourth-order valence-electron chi connectivity index (χ4n) is 2.74. The zero-order chi connectivity index (χ0) is 13.1. The monoisotopic (exact) mass is 247 g/mol. The minimum atomic E-state index is -0.855. The van der Waals surface area contributed by atoms with Gasteiger partial charge >= 0.3 is 5.97 Å². The molecule has 1 aromatic rings. The Hall–Kier alpha value is -1.35.